The van der Waals surface area contributed by atoms with E-state index in [4.69, 9.17) is 9.47 Å². The minimum atomic E-state index is -0.202. The molecule has 0 aromatic heterocycles. The van der Waals surface area contributed by atoms with Crippen molar-refractivity contribution in [2.45, 2.75) is 70.2 Å². The zero-order chi connectivity index (χ0) is 12.6. The van der Waals surface area contributed by atoms with Crippen LogP contribution in [0.5, 0.6) is 0 Å². The van der Waals surface area contributed by atoms with Crippen molar-refractivity contribution in [2.75, 3.05) is 13.2 Å². The molecule has 2 aliphatic carbocycles. The Morgan fingerprint density at radius 1 is 0.944 bits per heavy atom. The van der Waals surface area contributed by atoms with E-state index in [0.29, 0.717) is 6.04 Å². The number of nitrogens with one attached hydrogen (secondary N) is 1. The molecular weight excluding hydrogens is 226 g/mol. The Hall–Kier alpha value is -0.120. The van der Waals surface area contributed by atoms with Crippen LogP contribution in [-0.2, 0) is 9.47 Å². The van der Waals surface area contributed by atoms with Gasteiger partial charge in [0.1, 0.15) is 0 Å². The molecule has 18 heavy (non-hydrogen) atoms. The van der Waals surface area contributed by atoms with Gasteiger partial charge < -0.3 is 14.8 Å². The van der Waals surface area contributed by atoms with Crippen LogP contribution in [0.15, 0.2) is 0 Å². The first-order valence-electron chi connectivity index (χ1n) is 7.72. The van der Waals surface area contributed by atoms with Gasteiger partial charge in [-0.3, -0.25) is 0 Å². The van der Waals surface area contributed by atoms with Gasteiger partial charge in [-0.1, -0.05) is 13.8 Å². The quantitative estimate of drug-likeness (QED) is 0.821. The third-order valence-electron chi connectivity index (χ3n) is 5.48. The Balaban J connectivity index is 1.48. The van der Waals surface area contributed by atoms with Gasteiger partial charge in [0.25, 0.3) is 0 Å². The SMILES string of the molecule is CC1CCC(NC2CCC3(CC2)OCCO3)C1C. The molecule has 1 spiro atoms. The van der Waals surface area contributed by atoms with Gasteiger partial charge in [0, 0.05) is 24.9 Å². The third-order valence-corrected chi connectivity index (χ3v) is 5.48. The lowest BCUT2D eigenvalue weighted by Crippen LogP contribution is -2.46. The lowest BCUT2D eigenvalue weighted by Gasteiger charge is -2.37. The van der Waals surface area contributed by atoms with E-state index in [0.717, 1.165) is 43.9 Å². The molecule has 1 heterocycles. The fourth-order valence-corrected chi connectivity index (χ4v) is 3.91. The largest absolute Gasteiger partial charge is 0.348 e. The number of ether oxygens (including phenoxy) is 2. The Morgan fingerprint density at radius 3 is 2.17 bits per heavy atom. The first-order chi connectivity index (χ1) is 8.69. The molecule has 1 aliphatic heterocycles. The summed E-state index contributed by atoms with van der Waals surface area (Å²) in [6, 6.07) is 1.42. The molecule has 2 saturated carbocycles. The predicted octanol–water partition coefficient (Wildman–Crippen LogP) is 2.70. The second-order valence-electron chi connectivity index (χ2n) is 6.57. The van der Waals surface area contributed by atoms with Crippen molar-refractivity contribution in [1.29, 1.82) is 0 Å². The zero-order valence-electron chi connectivity index (χ0n) is 11.8. The molecule has 0 aromatic carbocycles. The summed E-state index contributed by atoms with van der Waals surface area (Å²) in [5, 5.41) is 3.89. The van der Waals surface area contributed by atoms with Crippen molar-refractivity contribution in [1.82, 2.24) is 5.32 Å². The summed E-state index contributed by atoms with van der Waals surface area (Å²) in [5.74, 6) is 1.52. The summed E-state index contributed by atoms with van der Waals surface area (Å²) in [4.78, 5) is 0. The monoisotopic (exact) mass is 253 g/mol. The van der Waals surface area contributed by atoms with Crippen LogP contribution in [0.25, 0.3) is 0 Å². The van der Waals surface area contributed by atoms with Crippen LogP contribution in [0, 0.1) is 11.8 Å². The summed E-state index contributed by atoms with van der Waals surface area (Å²) in [5.41, 5.74) is 0. The lowest BCUT2D eigenvalue weighted by atomic mass is 9.88. The van der Waals surface area contributed by atoms with Gasteiger partial charge in [0.2, 0.25) is 0 Å². The van der Waals surface area contributed by atoms with E-state index < -0.39 is 0 Å². The average molecular weight is 253 g/mol. The predicted molar refractivity (Wildman–Crippen MR) is 71.4 cm³/mol. The van der Waals surface area contributed by atoms with Gasteiger partial charge in [-0.05, 0) is 37.5 Å². The van der Waals surface area contributed by atoms with Crippen molar-refractivity contribution in [3.05, 3.63) is 0 Å². The minimum Gasteiger partial charge on any atom is -0.348 e. The Kier molecular flexibility index (Phi) is 3.65. The molecule has 0 aromatic rings. The molecule has 104 valence electrons. The van der Waals surface area contributed by atoms with Crippen molar-refractivity contribution in [3.8, 4) is 0 Å². The van der Waals surface area contributed by atoms with Crippen LogP contribution < -0.4 is 5.32 Å². The summed E-state index contributed by atoms with van der Waals surface area (Å²) < 4.78 is 11.6. The molecule has 0 radical (unpaired) electrons. The van der Waals surface area contributed by atoms with Crippen LogP contribution in [0.4, 0.5) is 0 Å². The Labute approximate surface area is 111 Å². The Morgan fingerprint density at radius 2 is 1.61 bits per heavy atom. The maximum absolute atomic E-state index is 5.79. The van der Waals surface area contributed by atoms with Gasteiger partial charge in [-0.2, -0.15) is 0 Å². The van der Waals surface area contributed by atoms with Crippen molar-refractivity contribution >= 4 is 0 Å². The van der Waals surface area contributed by atoms with Crippen LogP contribution >= 0.6 is 0 Å². The van der Waals surface area contributed by atoms with Gasteiger partial charge in [0.05, 0.1) is 13.2 Å². The van der Waals surface area contributed by atoms with E-state index in [9.17, 15) is 0 Å². The number of hydrogen-bond donors (Lipinski definition) is 1. The van der Waals surface area contributed by atoms with Gasteiger partial charge in [-0.15, -0.1) is 0 Å². The maximum atomic E-state index is 5.79. The zero-order valence-corrected chi connectivity index (χ0v) is 11.8. The molecule has 3 nitrogen and oxygen atoms in total. The van der Waals surface area contributed by atoms with E-state index >= 15 is 0 Å². The molecular formula is C15H27NO2. The van der Waals surface area contributed by atoms with E-state index in [1.807, 2.05) is 0 Å². The smallest absolute Gasteiger partial charge is 0.168 e. The summed E-state index contributed by atoms with van der Waals surface area (Å²) in [6.45, 7) is 6.37. The first kappa shape index (κ1) is 12.9. The van der Waals surface area contributed by atoms with Crippen LogP contribution in [0.2, 0.25) is 0 Å². The first-order valence-corrected chi connectivity index (χ1v) is 7.72. The number of rotatable bonds is 2. The topological polar surface area (TPSA) is 30.5 Å². The second kappa shape index (κ2) is 5.10. The average Bonchev–Trinajstić information content (AvgIpc) is 2.95. The normalized spacial score (nSPS) is 40.7. The van der Waals surface area contributed by atoms with Gasteiger partial charge >= 0.3 is 0 Å². The van der Waals surface area contributed by atoms with Crippen molar-refractivity contribution in [3.63, 3.8) is 0 Å². The molecule has 3 fully saturated rings. The van der Waals surface area contributed by atoms with E-state index in [1.165, 1.54) is 25.7 Å². The minimum absolute atomic E-state index is 0.202. The summed E-state index contributed by atoms with van der Waals surface area (Å²) >= 11 is 0. The van der Waals surface area contributed by atoms with E-state index in [2.05, 4.69) is 19.2 Å². The summed E-state index contributed by atoms with van der Waals surface area (Å²) in [7, 11) is 0. The summed E-state index contributed by atoms with van der Waals surface area (Å²) in [6.07, 6.45) is 7.30. The molecule has 3 atom stereocenters. The molecule has 1 N–H and O–H groups in total. The molecule has 3 rings (SSSR count). The molecule has 3 unspecified atom stereocenters. The second-order valence-corrected chi connectivity index (χ2v) is 6.57. The Bertz CT molecular complexity index is 278. The van der Waals surface area contributed by atoms with E-state index in [-0.39, 0.29) is 5.79 Å². The van der Waals surface area contributed by atoms with Gasteiger partial charge in [-0.25, -0.2) is 0 Å². The van der Waals surface area contributed by atoms with Crippen LogP contribution in [0.1, 0.15) is 52.4 Å². The highest BCUT2D eigenvalue weighted by molar-refractivity contribution is 4.91. The molecule has 1 saturated heterocycles. The lowest BCUT2D eigenvalue weighted by molar-refractivity contribution is -0.179. The fourth-order valence-electron chi connectivity index (χ4n) is 3.91. The highest BCUT2D eigenvalue weighted by Gasteiger charge is 2.41. The highest BCUT2D eigenvalue weighted by atomic mass is 16.7. The van der Waals surface area contributed by atoms with Crippen LogP contribution in [0.3, 0.4) is 0 Å². The van der Waals surface area contributed by atoms with Crippen molar-refractivity contribution in [2.24, 2.45) is 11.8 Å². The van der Waals surface area contributed by atoms with E-state index in [1.54, 1.807) is 0 Å². The number of hydrogen-bond acceptors (Lipinski definition) is 3. The van der Waals surface area contributed by atoms with Crippen LogP contribution in [-0.4, -0.2) is 31.1 Å². The third kappa shape index (κ3) is 2.45. The molecule has 0 bridgehead atoms. The highest BCUT2D eigenvalue weighted by Crippen LogP contribution is 2.37. The fraction of sp³-hybridized carbons (Fsp3) is 1.00. The van der Waals surface area contributed by atoms with Gasteiger partial charge in [0.15, 0.2) is 5.79 Å². The maximum Gasteiger partial charge on any atom is 0.168 e. The standard InChI is InChI=1S/C15H27NO2/c1-11-3-4-14(12(11)2)16-13-5-7-15(8-6-13)17-9-10-18-15/h11-14,16H,3-10H2,1-2H3. The molecule has 3 aliphatic rings. The van der Waals surface area contributed by atoms with Crippen molar-refractivity contribution < 1.29 is 9.47 Å². The molecule has 3 heteroatoms. The molecule has 0 amide bonds.